The van der Waals surface area contributed by atoms with Gasteiger partial charge < -0.3 is 9.52 Å². The number of carbonyl (C=O) groups excluding carboxylic acids is 2. The zero-order valence-electron chi connectivity index (χ0n) is 14.4. The van der Waals surface area contributed by atoms with Crippen molar-refractivity contribution in [1.82, 2.24) is 9.97 Å². The largest absolute Gasteiger partial charge is 0.507 e. The zero-order valence-corrected chi connectivity index (χ0v) is 14.4. The normalized spacial score (nSPS) is 18.9. The van der Waals surface area contributed by atoms with Crippen molar-refractivity contribution in [3.05, 3.63) is 83.6 Å². The third kappa shape index (κ3) is 2.79. The van der Waals surface area contributed by atoms with Gasteiger partial charge >= 0.3 is 5.91 Å². The first-order chi connectivity index (χ1) is 13.1. The number of rotatable bonds is 3. The Morgan fingerprint density at radius 2 is 1.74 bits per heavy atom. The summed E-state index contributed by atoms with van der Waals surface area (Å²) in [4.78, 5) is 34.9. The Morgan fingerprint density at radius 3 is 2.37 bits per heavy atom. The molecule has 1 unspecified atom stereocenters. The van der Waals surface area contributed by atoms with Gasteiger partial charge in [-0.25, -0.2) is 9.97 Å². The van der Waals surface area contributed by atoms with E-state index in [1.54, 1.807) is 55.5 Å². The van der Waals surface area contributed by atoms with Crippen molar-refractivity contribution in [2.75, 3.05) is 4.90 Å². The molecule has 7 heteroatoms. The first kappa shape index (κ1) is 16.7. The lowest BCUT2D eigenvalue weighted by molar-refractivity contribution is -0.132. The molecule has 1 amide bonds. The second-order valence-corrected chi connectivity index (χ2v) is 6.03. The van der Waals surface area contributed by atoms with Crippen LogP contribution in [0, 0.1) is 6.92 Å². The molecule has 0 spiro atoms. The molecule has 4 rings (SSSR count). The van der Waals surface area contributed by atoms with Crippen LogP contribution >= 0.6 is 0 Å². The topological polar surface area (TPSA) is 96.5 Å². The molecular weight excluding hydrogens is 346 g/mol. The van der Waals surface area contributed by atoms with E-state index in [1.807, 2.05) is 0 Å². The van der Waals surface area contributed by atoms with E-state index < -0.39 is 17.7 Å². The summed E-state index contributed by atoms with van der Waals surface area (Å²) >= 11 is 0. The van der Waals surface area contributed by atoms with Gasteiger partial charge in [-0.1, -0.05) is 30.3 Å². The number of aryl methyl sites for hydroxylation is 1. The molecule has 3 aromatic rings. The molecule has 1 fully saturated rings. The molecule has 1 N–H and O–H groups in total. The molecule has 0 saturated carbocycles. The van der Waals surface area contributed by atoms with Gasteiger partial charge in [0.2, 0.25) is 5.95 Å². The average molecular weight is 361 g/mol. The van der Waals surface area contributed by atoms with E-state index in [9.17, 15) is 14.7 Å². The summed E-state index contributed by atoms with van der Waals surface area (Å²) in [6.07, 6.45) is 2.95. The summed E-state index contributed by atoms with van der Waals surface area (Å²) in [5.74, 6) is -0.890. The second kappa shape index (κ2) is 6.53. The third-order valence-electron chi connectivity index (χ3n) is 4.29. The molecular formula is C20H15N3O4. The maximum Gasteiger partial charge on any atom is 0.302 e. The summed E-state index contributed by atoms with van der Waals surface area (Å²) in [7, 11) is 0. The quantitative estimate of drug-likeness (QED) is 0.438. The number of aliphatic hydroxyl groups is 1. The Labute approximate surface area is 154 Å². The predicted molar refractivity (Wildman–Crippen MR) is 96.7 cm³/mol. The fraction of sp³-hybridized carbons (Fsp3) is 0.100. The van der Waals surface area contributed by atoms with Gasteiger partial charge in [-0.3, -0.25) is 14.5 Å². The van der Waals surface area contributed by atoms with E-state index in [4.69, 9.17) is 4.42 Å². The highest BCUT2D eigenvalue weighted by molar-refractivity contribution is 6.51. The van der Waals surface area contributed by atoms with Crippen molar-refractivity contribution in [3.63, 3.8) is 0 Å². The summed E-state index contributed by atoms with van der Waals surface area (Å²) in [5, 5.41) is 10.8. The van der Waals surface area contributed by atoms with Gasteiger partial charge in [0.25, 0.3) is 5.78 Å². The molecule has 0 bridgehead atoms. The number of nitrogens with zero attached hydrogens (tertiary/aromatic N) is 3. The average Bonchev–Trinajstić information content (AvgIpc) is 3.24. The van der Waals surface area contributed by atoms with Crippen LogP contribution in [-0.2, 0) is 9.59 Å². The highest BCUT2D eigenvalue weighted by Gasteiger charge is 2.49. The molecule has 0 aliphatic carbocycles. The first-order valence-electron chi connectivity index (χ1n) is 8.27. The maximum absolute atomic E-state index is 12.8. The van der Waals surface area contributed by atoms with Crippen LogP contribution in [0.1, 0.15) is 23.1 Å². The number of Topliss-reactive ketones (excluding diaryl/α,β-unsaturated/α-hetero) is 1. The molecule has 1 atom stereocenters. The number of aromatic nitrogens is 2. The van der Waals surface area contributed by atoms with Crippen molar-refractivity contribution >= 4 is 23.4 Å². The van der Waals surface area contributed by atoms with E-state index in [2.05, 4.69) is 9.97 Å². The van der Waals surface area contributed by atoms with Gasteiger partial charge in [-0.2, -0.15) is 0 Å². The smallest absolute Gasteiger partial charge is 0.302 e. The predicted octanol–water partition coefficient (Wildman–Crippen LogP) is 3.00. The molecule has 27 heavy (non-hydrogen) atoms. The third-order valence-corrected chi connectivity index (χ3v) is 4.29. The van der Waals surface area contributed by atoms with Gasteiger partial charge in [0.15, 0.2) is 0 Å². The number of carbonyl (C=O) groups is 2. The van der Waals surface area contributed by atoms with Crippen molar-refractivity contribution in [2.45, 2.75) is 13.0 Å². The molecule has 1 saturated heterocycles. The maximum atomic E-state index is 12.8. The van der Waals surface area contributed by atoms with Gasteiger partial charge in [-0.15, -0.1) is 0 Å². The number of ketones is 1. The molecule has 2 aromatic heterocycles. The van der Waals surface area contributed by atoms with Crippen LogP contribution in [0.3, 0.4) is 0 Å². The fourth-order valence-corrected chi connectivity index (χ4v) is 3.08. The summed E-state index contributed by atoms with van der Waals surface area (Å²) < 4.78 is 5.69. The van der Waals surface area contributed by atoms with E-state index >= 15 is 0 Å². The lowest BCUT2D eigenvalue weighted by Crippen LogP contribution is -2.30. The summed E-state index contributed by atoms with van der Waals surface area (Å²) in [6.45, 7) is 1.76. The molecule has 3 heterocycles. The minimum Gasteiger partial charge on any atom is -0.507 e. The standard InChI is InChI=1S/C20H15N3O4/c1-12-8-9-14(27-12)16-15(17(24)13-6-3-2-4-7-13)18(25)19(26)23(16)20-21-10-5-11-22-20/h2-11,16,24H,1H3/b17-15-. The van der Waals surface area contributed by atoms with Crippen molar-refractivity contribution in [1.29, 1.82) is 0 Å². The van der Waals surface area contributed by atoms with Gasteiger partial charge in [-0.05, 0) is 25.1 Å². The van der Waals surface area contributed by atoms with E-state index in [1.165, 1.54) is 12.4 Å². The number of benzene rings is 1. The van der Waals surface area contributed by atoms with Crippen LogP contribution in [0.15, 0.2) is 70.9 Å². The van der Waals surface area contributed by atoms with Crippen molar-refractivity contribution in [3.8, 4) is 0 Å². The number of anilines is 1. The highest BCUT2D eigenvalue weighted by Crippen LogP contribution is 2.41. The van der Waals surface area contributed by atoms with Crippen LogP contribution in [0.4, 0.5) is 5.95 Å². The Hall–Kier alpha value is -3.74. The Morgan fingerprint density at radius 1 is 1.04 bits per heavy atom. The first-order valence-corrected chi connectivity index (χ1v) is 8.27. The molecule has 1 aliphatic rings. The van der Waals surface area contributed by atoms with Gasteiger partial charge in [0.1, 0.15) is 23.3 Å². The Balaban J connectivity index is 1.94. The van der Waals surface area contributed by atoms with Crippen molar-refractivity contribution < 1.29 is 19.1 Å². The summed E-state index contributed by atoms with van der Waals surface area (Å²) in [6, 6.07) is 12.6. The van der Waals surface area contributed by atoms with Crippen molar-refractivity contribution in [2.24, 2.45) is 0 Å². The Bertz CT molecular complexity index is 1040. The molecule has 0 radical (unpaired) electrons. The minimum absolute atomic E-state index is 0.0609. The molecule has 7 nitrogen and oxygen atoms in total. The van der Waals surface area contributed by atoms with Crippen LogP contribution in [0.2, 0.25) is 0 Å². The molecule has 134 valence electrons. The lowest BCUT2D eigenvalue weighted by atomic mass is 9.99. The summed E-state index contributed by atoms with van der Waals surface area (Å²) in [5.41, 5.74) is 0.366. The van der Waals surface area contributed by atoms with E-state index in [0.717, 1.165) is 4.90 Å². The number of amides is 1. The van der Waals surface area contributed by atoms with Gasteiger partial charge in [0.05, 0.1) is 5.57 Å². The zero-order chi connectivity index (χ0) is 19.0. The second-order valence-electron chi connectivity index (χ2n) is 6.03. The lowest BCUT2D eigenvalue weighted by Gasteiger charge is -2.21. The molecule has 1 aliphatic heterocycles. The van der Waals surface area contributed by atoms with Gasteiger partial charge in [0, 0.05) is 18.0 Å². The molecule has 1 aromatic carbocycles. The SMILES string of the molecule is Cc1ccc(C2/C(=C(/O)c3ccccc3)C(=O)C(=O)N2c2ncccn2)o1. The number of furan rings is 1. The van der Waals surface area contributed by atoms with E-state index in [-0.39, 0.29) is 17.3 Å². The number of hydrogen-bond acceptors (Lipinski definition) is 6. The number of aliphatic hydroxyl groups excluding tert-OH is 1. The monoisotopic (exact) mass is 361 g/mol. The van der Waals surface area contributed by atoms with E-state index in [0.29, 0.717) is 17.1 Å². The fourth-order valence-electron chi connectivity index (χ4n) is 3.08. The van der Waals surface area contributed by atoms with Crippen LogP contribution in [-0.4, -0.2) is 26.8 Å². The van der Waals surface area contributed by atoms with Crippen LogP contribution < -0.4 is 4.90 Å². The Kier molecular flexibility index (Phi) is 4.04. The van der Waals surface area contributed by atoms with Crippen LogP contribution in [0.5, 0.6) is 0 Å². The minimum atomic E-state index is -0.957. The number of hydrogen-bond donors (Lipinski definition) is 1. The highest BCUT2D eigenvalue weighted by atomic mass is 16.3. The van der Waals surface area contributed by atoms with Crippen LogP contribution in [0.25, 0.3) is 5.76 Å².